The van der Waals surface area contributed by atoms with Crippen LogP contribution in [0.4, 0.5) is 11.5 Å². The number of benzene rings is 2. The zero-order chi connectivity index (χ0) is 22.4. The molecule has 33 heavy (non-hydrogen) atoms. The van der Waals surface area contributed by atoms with Crippen LogP contribution < -0.4 is 9.80 Å². The second-order valence-electron chi connectivity index (χ2n) is 9.01. The van der Waals surface area contributed by atoms with Crippen LogP contribution in [-0.4, -0.2) is 61.1 Å². The maximum Gasteiger partial charge on any atom is 0.227 e. The number of nitrogens with zero attached hydrogens (tertiary/aromatic N) is 4. The van der Waals surface area contributed by atoms with Gasteiger partial charge in [-0.2, -0.15) is 4.37 Å². The monoisotopic (exact) mass is 482 g/mol. The van der Waals surface area contributed by atoms with E-state index >= 15 is 0 Å². The Morgan fingerprint density at radius 3 is 2.82 bits per heavy atom. The van der Waals surface area contributed by atoms with E-state index in [2.05, 4.69) is 34.1 Å². The number of carbonyl (C=O) groups is 1. The predicted molar refractivity (Wildman–Crippen MR) is 134 cm³/mol. The summed E-state index contributed by atoms with van der Waals surface area (Å²) in [5, 5.41) is 2.03. The van der Waals surface area contributed by atoms with Gasteiger partial charge < -0.3 is 14.5 Å². The van der Waals surface area contributed by atoms with Gasteiger partial charge in [0.2, 0.25) is 5.91 Å². The number of ether oxygens (including phenoxy) is 1. The molecule has 0 bridgehead atoms. The first-order chi connectivity index (χ1) is 16.2. The van der Waals surface area contributed by atoms with Crippen molar-refractivity contribution in [3.8, 4) is 0 Å². The summed E-state index contributed by atoms with van der Waals surface area (Å²) in [4.78, 5) is 19.2. The molecule has 3 aromatic rings. The van der Waals surface area contributed by atoms with Gasteiger partial charge in [0.25, 0.3) is 0 Å². The maximum absolute atomic E-state index is 12.4. The molecule has 1 unspecified atom stereocenters. The first-order valence-electron chi connectivity index (χ1n) is 11.7. The lowest BCUT2D eigenvalue weighted by atomic mass is 9.99. The van der Waals surface area contributed by atoms with Crippen LogP contribution in [0.1, 0.15) is 30.1 Å². The molecule has 8 heteroatoms. The van der Waals surface area contributed by atoms with E-state index in [9.17, 15) is 4.79 Å². The molecule has 6 nitrogen and oxygen atoms in total. The zero-order valence-corrected chi connectivity index (χ0v) is 20.1. The van der Waals surface area contributed by atoms with E-state index in [1.54, 1.807) is 11.5 Å². The maximum atomic E-state index is 12.4. The number of anilines is 2. The summed E-state index contributed by atoms with van der Waals surface area (Å²) in [5.74, 6) is 1.32. The molecule has 0 aliphatic carbocycles. The van der Waals surface area contributed by atoms with Gasteiger partial charge in [-0.1, -0.05) is 29.8 Å². The van der Waals surface area contributed by atoms with E-state index < -0.39 is 0 Å². The van der Waals surface area contributed by atoms with Crippen LogP contribution in [0.2, 0.25) is 5.02 Å². The Morgan fingerprint density at radius 2 is 1.94 bits per heavy atom. The van der Waals surface area contributed by atoms with Crippen molar-refractivity contribution >= 4 is 50.6 Å². The van der Waals surface area contributed by atoms with Gasteiger partial charge in [0.1, 0.15) is 11.9 Å². The van der Waals surface area contributed by atoms with Crippen molar-refractivity contribution in [3.63, 3.8) is 0 Å². The largest absolute Gasteiger partial charge is 0.372 e. The van der Waals surface area contributed by atoms with Crippen LogP contribution in [0, 0.1) is 0 Å². The van der Waals surface area contributed by atoms with Crippen LogP contribution in [0.5, 0.6) is 0 Å². The van der Waals surface area contributed by atoms with Crippen molar-refractivity contribution < 1.29 is 9.53 Å². The fraction of sp³-hybridized carbons (Fsp3) is 0.440. The molecular weight excluding hydrogens is 456 g/mol. The van der Waals surface area contributed by atoms with Crippen LogP contribution in [0.25, 0.3) is 10.1 Å². The molecule has 0 N–H and O–H groups in total. The number of hydrogen-bond acceptors (Lipinski definition) is 6. The summed E-state index contributed by atoms with van der Waals surface area (Å²) in [5.41, 5.74) is 3.23. The van der Waals surface area contributed by atoms with Gasteiger partial charge >= 0.3 is 0 Å². The lowest BCUT2D eigenvalue weighted by Gasteiger charge is -2.35. The summed E-state index contributed by atoms with van der Waals surface area (Å²) >= 11 is 7.98. The number of aromatic nitrogens is 1. The second-order valence-corrected chi connectivity index (χ2v) is 10.2. The summed E-state index contributed by atoms with van der Waals surface area (Å²) in [7, 11) is 0. The molecule has 0 radical (unpaired) electrons. The van der Waals surface area contributed by atoms with Crippen molar-refractivity contribution in [1.29, 1.82) is 0 Å². The topological polar surface area (TPSA) is 48.9 Å². The van der Waals surface area contributed by atoms with Crippen molar-refractivity contribution in [2.45, 2.75) is 25.4 Å². The van der Waals surface area contributed by atoms with E-state index in [1.165, 1.54) is 10.1 Å². The highest BCUT2D eigenvalue weighted by atomic mass is 35.5. The number of carbonyl (C=O) groups excluding carboxylic acids is 1. The Hall–Kier alpha value is -2.19. The number of fused-ring (bicyclic) bond motifs is 1. The van der Waals surface area contributed by atoms with Crippen molar-refractivity contribution in [1.82, 2.24) is 9.27 Å². The highest BCUT2D eigenvalue weighted by Crippen LogP contribution is 2.45. The Kier molecular flexibility index (Phi) is 5.74. The minimum Gasteiger partial charge on any atom is -0.372 e. The minimum absolute atomic E-state index is 0.0483. The molecule has 1 fully saturated rings. The van der Waals surface area contributed by atoms with Crippen molar-refractivity contribution in [2.75, 3.05) is 55.7 Å². The SMILES string of the molecule is O=C1CCc2c(Cl)ccc3c2N1CC3OCCCN1CCN(c2nsc3ccccc23)CC1. The van der Waals surface area contributed by atoms with Gasteiger partial charge in [-0.15, -0.1) is 0 Å². The molecule has 6 rings (SSSR count). The molecule has 2 aromatic carbocycles. The average molecular weight is 483 g/mol. The van der Waals surface area contributed by atoms with E-state index in [0.717, 1.165) is 73.2 Å². The van der Waals surface area contributed by atoms with E-state index in [0.29, 0.717) is 19.6 Å². The van der Waals surface area contributed by atoms with E-state index in [4.69, 9.17) is 20.7 Å². The molecule has 0 spiro atoms. The molecule has 3 aliphatic rings. The predicted octanol–water partition coefficient (Wildman–Crippen LogP) is 4.51. The van der Waals surface area contributed by atoms with Gasteiger partial charge in [0.05, 0.1) is 16.9 Å². The lowest BCUT2D eigenvalue weighted by molar-refractivity contribution is -0.119. The molecule has 1 amide bonds. The van der Waals surface area contributed by atoms with Gasteiger partial charge in [0.15, 0.2) is 0 Å². The number of rotatable bonds is 6. The summed E-state index contributed by atoms with van der Waals surface area (Å²) in [6, 6.07) is 12.5. The van der Waals surface area contributed by atoms with Gasteiger partial charge in [0, 0.05) is 61.7 Å². The smallest absolute Gasteiger partial charge is 0.227 e. The van der Waals surface area contributed by atoms with Gasteiger partial charge in [-0.25, -0.2) is 0 Å². The number of halogens is 1. The third-order valence-electron chi connectivity index (χ3n) is 7.08. The number of hydrogen-bond donors (Lipinski definition) is 0. The van der Waals surface area contributed by atoms with Crippen LogP contribution in [0.15, 0.2) is 36.4 Å². The fourth-order valence-corrected chi connectivity index (χ4v) is 6.38. The van der Waals surface area contributed by atoms with E-state index in [1.807, 2.05) is 17.0 Å². The number of amides is 1. The van der Waals surface area contributed by atoms with Gasteiger partial charge in [-0.05, 0) is 48.1 Å². The van der Waals surface area contributed by atoms with Crippen LogP contribution in [-0.2, 0) is 16.0 Å². The normalized spacial score (nSPS) is 20.6. The molecule has 1 aromatic heterocycles. The fourth-order valence-electron chi connectivity index (χ4n) is 5.34. The highest BCUT2D eigenvalue weighted by Gasteiger charge is 2.38. The zero-order valence-electron chi connectivity index (χ0n) is 18.5. The van der Waals surface area contributed by atoms with Crippen molar-refractivity contribution in [2.24, 2.45) is 0 Å². The Labute approximate surface area is 202 Å². The molecule has 1 atom stereocenters. The van der Waals surface area contributed by atoms with Crippen LogP contribution in [0.3, 0.4) is 0 Å². The minimum atomic E-state index is -0.0483. The Balaban J connectivity index is 1.00. The Morgan fingerprint density at radius 1 is 1.09 bits per heavy atom. The molecule has 4 heterocycles. The molecule has 172 valence electrons. The highest BCUT2D eigenvalue weighted by molar-refractivity contribution is 7.13. The van der Waals surface area contributed by atoms with Crippen molar-refractivity contribution in [3.05, 3.63) is 52.5 Å². The number of piperazine rings is 1. The summed E-state index contributed by atoms with van der Waals surface area (Å²) in [6.07, 6.45) is 2.20. The van der Waals surface area contributed by atoms with Gasteiger partial charge in [-0.3, -0.25) is 9.69 Å². The molecule has 0 saturated carbocycles. The summed E-state index contributed by atoms with van der Waals surface area (Å²) in [6.45, 7) is 6.43. The standard InChI is InChI=1S/C25H27ClN4O2S/c26-20-8-6-18-21(16-30-23(31)9-7-17(20)24(18)30)32-15-3-10-28-11-13-29(14-12-28)25-19-4-1-2-5-22(19)33-27-25/h1-2,4-6,8,21H,3,7,9-16H2. The first kappa shape index (κ1) is 21.4. The molecule has 1 saturated heterocycles. The molecule has 3 aliphatic heterocycles. The molecular formula is C25H27ClN4O2S. The summed E-state index contributed by atoms with van der Waals surface area (Å²) < 4.78 is 12.2. The lowest BCUT2D eigenvalue weighted by Crippen LogP contribution is -2.47. The quantitative estimate of drug-likeness (QED) is 0.484. The van der Waals surface area contributed by atoms with Crippen LogP contribution >= 0.6 is 23.1 Å². The second kappa shape index (κ2) is 8.87. The van der Waals surface area contributed by atoms with E-state index in [-0.39, 0.29) is 12.0 Å². The Bertz CT molecular complexity index is 1190. The average Bonchev–Trinajstić information content (AvgIpc) is 3.44. The third-order valence-corrected chi connectivity index (χ3v) is 8.25. The first-order valence-corrected chi connectivity index (χ1v) is 12.9. The third kappa shape index (κ3) is 3.91.